The van der Waals surface area contributed by atoms with Gasteiger partial charge < -0.3 is 9.64 Å². The van der Waals surface area contributed by atoms with Crippen LogP contribution in [0.25, 0.3) is 0 Å². The number of halogens is 4. The standard InChI is InChI=1S/C12H13ClF3NO2/c1-17(2)5-6-19-8-3-4-9(11(13)18)10(7-8)12(14,15)16/h3-4,7H,5-6H2,1-2H3. The zero-order valence-corrected chi connectivity index (χ0v) is 11.2. The molecule has 1 rings (SSSR count). The number of alkyl halides is 3. The molecule has 0 aliphatic heterocycles. The molecule has 0 saturated carbocycles. The van der Waals surface area contributed by atoms with Gasteiger partial charge in [-0.15, -0.1) is 0 Å². The highest BCUT2D eigenvalue weighted by molar-refractivity contribution is 6.67. The van der Waals surface area contributed by atoms with E-state index in [-0.39, 0.29) is 12.4 Å². The molecule has 0 unspecified atom stereocenters. The van der Waals surface area contributed by atoms with E-state index in [2.05, 4.69) is 0 Å². The number of carbonyl (C=O) groups excluding carboxylic acids is 1. The SMILES string of the molecule is CN(C)CCOc1ccc(C(=O)Cl)c(C(F)(F)F)c1. The van der Waals surface area contributed by atoms with Crippen LogP contribution in [0.15, 0.2) is 18.2 Å². The number of carbonyl (C=O) groups is 1. The van der Waals surface area contributed by atoms with Gasteiger partial charge in [0, 0.05) is 12.1 Å². The Balaban J connectivity index is 2.96. The predicted molar refractivity (Wildman–Crippen MR) is 65.7 cm³/mol. The molecule has 0 radical (unpaired) electrons. The Bertz CT molecular complexity index is 461. The Kier molecular flexibility index (Phi) is 5.20. The molecule has 0 amide bonds. The first-order valence-corrected chi connectivity index (χ1v) is 5.78. The molecule has 0 aromatic heterocycles. The lowest BCUT2D eigenvalue weighted by molar-refractivity contribution is -0.138. The van der Waals surface area contributed by atoms with Gasteiger partial charge in [0.15, 0.2) is 0 Å². The van der Waals surface area contributed by atoms with Crippen molar-refractivity contribution >= 4 is 16.8 Å². The summed E-state index contributed by atoms with van der Waals surface area (Å²) in [6, 6.07) is 3.09. The fourth-order valence-corrected chi connectivity index (χ4v) is 1.53. The smallest absolute Gasteiger partial charge is 0.417 e. The topological polar surface area (TPSA) is 29.5 Å². The monoisotopic (exact) mass is 295 g/mol. The van der Waals surface area contributed by atoms with E-state index in [0.29, 0.717) is 6.54 Å². The third kappa shape index (κ3) is 4.72. The van der Waals surface area contributed by atoms with Gasteiger partial charge in [0.05, 0.1) is 5.56 Å². The van der Waals surface area contributed by atoms with Crippen LogP contribution in [-0.4, -0.2) is 37.4 Å². The van der Waals surface area contributed by atoms with Crippen LogP contribution >= 0.6 is 11.6 Å². The van der Waals surface area contributed by atoms with Crippen molar-refractivity contribution in [3.63, 3.8) is 0 Å². The first-order valence-electron chi connectivity index (χ1n) is 5.40. The fourth-order valence-electron chi connectivity index (χ4n) is 1.37. The summed E-state index contributed by atoms with van der Waals surface area (Å²) < 4.78 is 43.5. The molecule has 1 aromatic carbocycles. The van der Waals surface area contributed by atoms with Gasteiger partial charge in [0.2, 0.25) is 0 Å². The van der Waals surface area contributed by atoms with E-state index in [1.165, 1.54) is 6.07 Å². The van der Waals surface area contributed by atoms with E-state index in [1.807, 2.05) is 19.0 Å². The zero-order chi connectivity index (χ0) is 14.6. The second-order valence-electron chi connectivity index (χ2n) is 4.13. The molecule has 0 N–H and O–H groups in total. The van der Waals surface area contributed by atoms with Gasteiger partial charge in [-0.1, -0.05) is 0 Å². The van der Waals surface area contributed by atoms with Crippen molar-refractivity contribution in [3.8, 4) is 5.75 Å². The number of hydrogen-bond acceptors (Lipinski definition) is 3. The van der Waals surface area contributed by atoms with Crippen LogP contribution in [0.2, 0.25) is 0 Å². The van der Waals surface area contributed by atoms with Gasteiger partial charge in [0.1, 0.15) is 12.4 Å². The van der Waals surface area contributed by atoms with Crippen molar-refractivity contribution in [2.45, 2.75) is 6.18 Å². The molecule has 3 nitrogen and oxygen atoms in total. The number of hydrogen-bond donors (Lipinski definition) is 0. The molecule has 0 saturated heterocycles. The average Bonchev–Trinajstić information content (AvgIpc) is 2.27. The van der Waals surface area contributed by atoms with Crippen LogP contribution in [0, 0.1) is 0 Å². The Morgan fingerprint density at radius 2 is 2.00 bits per heavy atom. The molecular weight excluding hydrogens is 283 g/mol. The largest absolute Gasteiger partial charge is 0.492 e. The number of likely N-dealkylation sites (N-methyl/N-ethyl adjacent to an activating group) is 1. The molecule has 0 spiro atoms. The summed E-state index contributed by atoms with van der Waals surface area (Å²) in [6.45, 7) is 0.815. The van der Waals surface area contributed by atoms with Gasteiger partial charge in [0.25, 0.3) is 5.24 Å². The molecule has 0 aliphatic rings. The maximum Gasteiger partial charge on any atom is 0.417 e. The first-order chi connectivity index (χ1) is 8.71. The average molecular weight is 296 g/mol. The highest BCUT2D eigenvalue weighted by Crippen LogP contribution is 2.35. The quantitative estimate of drug-likeness (QED) is 0.782. The first kappa shape index (κ1) is 15.8. The van der Waals surface area contributed by atoms with Crippen LogP contribution in [-0.2, 0) is 6.18 Å². The molecular formula is C12H13ClF3NO2. The van der Waals surface area contributed by atoms with Crippen molar-refractivity contribution in [2.24, 2.45) is 0 Å². The summed E-state index contributed by atoms with van der Waals surface area (Å²) in [6.07, 6.45) is -4.65. The summed E-state index contributed by atoms with van der Waals surface area (Å²) >= 11 is 5.13. The molecule has 0 aliphatic carbocycles. The van der Waals surface area contributed by atoms with E-state index in [1.54, 1.807) is 0 Å². The lowest BCUT2D eigenvalue weighted by Gasteiger charge is -2.14. The minimum absolute atomic E-state index is 0.0517. The van der Waals surface area contributed by atoms with Crippen LogP contribution in [0.3, 0.4) is 0 Å². The van der Waals surface area contributed by atoms with Gasteiger partial charge in [-0.2, -0.15) is 13.2 Å². The second-order valence-corrected chi connectivity index (χ2v) is 4.47. The number of nitrogens with zero attached hydrogens (tertiary/aromatic N) is 1. The third-order valence-corrected chi connectivity index (χ3v) is 2.52. The van der Waals surface area contributed by atoms with Crippen LogP contribution in [0.4, 0.5) is 13.2 Å². The van der Waals surface area contributed by atoms with Crippen molar-refractivity contribution in [3.05, 3.63) is 29.3 Å². The molecule has 19 heavy (non-hydrogen) atoms. The zero-order valence-electron chi connectivity index (χ0n) is 10.4. The van der Waals surface area contributed by atoms with E-state index in [0.717, 1.165) is 12.1 Å². The van der Waals surface area contributed by atoms with Gasteiger partial charge in [-0.25, -0.2) is 0 Å². The third-order valence-electron chi connectivity index (χ3n) is 2.32. The number of ether oxygens (including phenoxy) is 1. The summed E-state index contributed by atoms with van der Waals surface area (Å²) in [5, 5.41) is -1.15. The van der Waals surface area contributed by atoms with E-state index < -0.39 is 22.5 Å². The molecule has 0 atom stereocenters. The molecule has 0 fully saturated rings. The molecule has 1 aromatic rings. The van der Waals surface area contributed by atoms with Crippen molar-refractivity contribution in [2.75, 3.05) is 27.2 Å². The summed E-state index contributed by atoms with van der Waals surface area (Å²) in [5.74, 6) is 0.0517. The second kappa shape index (κ2) is 6.25. The lowest BCUT2D eigenvalue weighted by atomic mass is 10.1. The fraction of sp³-hybridized carbons (Fsp3) is 0.417. The highest BCUT2D eigenvalue weighted by Gasteiger charge is 2.35. The number of benzene rings is 1. The minimum Gasteiger partial charge on any atom is -0.492 e. The maximum absolute atomic E-state index is 12.8. The minimum atomic E-state index is -4.65. The highest BCUT2D eigenvalue weighted by atomic mass is 35.5. The Hall–Kier alpha value is -1.27. The summed E-state index contributed by atoms with van der Waals surface area (Å²) in [5.41, 5.74) is -1.66. The van der Waals surface area contributed by atoms with E-state index >= 15 is 0 Å². The Morgan fingerprint density at radius 1 is 1.37 bits per heavy atom. The Labute approximate surface area is 113 Å². The van der Waals surface area contributed by atoms with Crippen molar-refractivity contribution in [1.82, 2.24) is 4.90 Å². The number of rotatable bonds is 5. The molecule has 106 valence electrons. The van der Waals surface area contributed by atoms with E-state index in [4.69, 9.17) is 16.3 Å². The Morgan fingerprint density at radius 3 is 2.47 bits per heavy atom. The van der Waals surface area contributed by atoms with Crippen LogP contribution < -0.4 is 4.74 Å². The van der Waals surface area contributed by atoms with Crippen molar-refractivity contribution in [1.29, 1.82) is 0 Å². The van der Waals surface area contributed by atoms with E-state index in [9.17, 15) is 18.0 Å². The van der Waals surface area contributed by atoms with Gasteiger partial charge in [-0.3, -0.25) is 4.79 Å². The summed E-state index contributed by atoms with van der Waals surface area (Å²) in [7, 11) is 3.64. The predicted octanol–water partition coefficient (Wildman–Crippen LogP) is 3.02. The lowest BCUT2D eigenvalue weighted by Crippen LogP contribution is -2.19. The molecule has 0 heterocycles. The van der Waals surface area contributed by atoms with Gasteiger partial charge >= 0.3 is 6.18 Å². The maximum atomic E-state index is 12.8. The van der Waals surface area contributed by atoms with Crippen molar-refractivity contribution < 1.29 is 22.7 Å². The summed E-state index contributed by atoms with van der Waals surface area (Å²) in [4.78, 5) is 12.8. The van der Waals surface area contributed by atoms with Crippen LogP contribution in [0.5, 0.6) is 5.75 Å². The molecule has 0 bridgehead atoms. The molecule has 7 heteroatoms. The van der Waals surface area contributed by atoms with Crippen LogP contribution in [0.1, 0.15) is 15.9 Å². The van der Waals surface area contributed by atoms with Gasteiger partial charge in [-0.05, 0) is 43.9 Å². The normalized spacial score (nSPS) is 11.7.